The van der Waals surface area contributed by atoms with Gasteiger partial charge in [0, 0.05) is 12.3 Å². The average molecular weight is 389 g/mol. The fourth-order valence-corrected chi connectivity index (χ4v) is 4.53. The molecule has 0 bridgehead atoms. The fraction of sp³-hybridized carbons (Fsp3) is 0.833. The summed E-state index contributed by atoms with van der Waals surface area (Å²) < 4.78 is 5.18. The van der Waals surface area contributed by atoms with Gasteiger partial charge >= 0.3 is 11.9 Å². The number of aliphatic carboxylic acids is 1. The second-order valence-corrected chi connectivity index (χ2v) is 7.81. The SMILES string of the molecule is CCCCCSC[C@@H](C(=O)OCC)N1CCCC1(C(=O)O)C(=O)C(C)N. The molecule has 1 fully saturated rings. The van der Waals surface area contributed by atoms with Crippen molar-refractivity contribution in [1.82, 2.24) is 4.90 Å². The third-order valence-electron chi connectivity index (χ3n) is 4.71. The smallest absolute Gasteiger partial charge is 0.332 e. The van der Waals surface area contributed by atoms with Crippen LogP contribution in [0, 0.1) is 0 Å². The highest BCUT2D eigenvalue weighted by Crippen LogP contribution is 2.35. The topological polar surface area (TPSA) is 110 Å². The van der Waals surface area contributed by atoms with Gasteiger partial charge < -0.3 is 15.6 Å². The van der Waals surface area contributed by atoms with E-state index in [-0.39, 0.29) is 13.0 Å². The van der Waals surface area contributed by atoms with Gasteiger partial charge in [0.25, 0.3) is 0 Å². The molecule has 3 N–H and O–H groups in total. The number of ketones is 1. The summed E-state index contributed by atoms with van der Waals surface area (Å²) in [6.07, 6.45) is 3.96. The van der Waals surface area contributed by atoms with E-state index in [1.54, 1.807) is 18.7 Å². The molecule has 7 nitrogen and oxygen atoms in total. The van der Waals surface area contributed by atoms with Crippen molar-refractivity contribution in [3.05, 3.63) is 0 Å². The molecular formula is C18H32N2O5S. The van der Waals surface area contributed by atoms with Crippen LogP contribution >= 0.6 is 11.8 Å². The fourth-order valence-electron chi connectivity index (χ4n) is 3.41. The van der Waals surface area contributed by atoms with Crippen LogP contribution in [0.15, 0.2) is 0 Å². The Morgan fingerprint density at radius 3 is 2.54 bits per heavy atom. The molecule has 1 aliphatic heterocycles. The summed E-state index contributed by atoms with van der Waals surface area (Å²) in [5, 5.41) is 9.88. The Hall–Kier alpha value is -1.12. The zero-order chi connectivity index (χ0) is 19.7. The predicted octanol–water partition coefficient (Wildman–Crippen LogP) is 1.68. The Morgan fingerprint density at radius 1 is 1.31 bits per heavy atom. The minimum absolute atomic E-state index is 0.166. The van der Waals surface area contributed by atoms with Crippen LogP contribution in [0.5, 0.6) is 0 Å². The summed E-state index contributed by atoms with van der Waals surface area (Å²) in [6, 6.07) is -1.67. The summed E-state index contributed by atoms with van der Waals surface area (Å²) in [5.74, 6) is -0.959. The Kier molecular flexibility index (Phi) is 9.60. The zero-order valence-corrected chi connectivity index (χ0v) is 16.8. The van der Waals surface area contributed by atoms with Crippen LogP contribution in [-0.2, 0) is 19.1 Å². The largest absolute Gasteiger partial charge is 0.480 e. The molecule has 1 aliphatic rings. The number of hydrogen-bond donors (Lipinski definition) is 2. The summed E-state index contributed by atoms with van der Waals surface area (Å²) in [5.41, 5.74) is 3.99. The number of unbranched alkanes of at least 4 members (excludes halogenated alkanes) is 2. The highest BCUT2D eigenvalue weighted by molar-refractivity contribution is 7.99. The summed E-state index contributed by atoms with van der Waals surface area (Å²) in [6.45, 7) is 5.90. The Morgan fingerprint density at radius 2 is 2.00 bits per heavy atom. The van der Waals surface area contributed by atoms with Crippen LogP contribution in [0.3, 0.4) is 0 Å². The molecule has 3 atom stereocenters. The number of carboxylic acid groups (broad SMARTS) is 1. The number of hydrogen-bond acceptors (Lipinski definition) is 7. The van der Waals surface area contributed by atoms with Gasteiger partial charge in [0.15, 0.2) is 11.3 Å². The molecule has 0 aromatic carbocycles. The molecule has 0 radical (unpaired) electrons. The van der Waals surface area contributed by atoms with Crippen molar-refractivity contribution in [2.24, 2.45) is 5.73 Å². The number of thioether (sulfide) groups is 1. The maximum absolute atomic E-state index is 12.7. The molecule has 150 valence electrons. The number of nitrogens with two attached hydrogens (primary N) is 1. The van der Waals surface area contributed by atoms with Gasteiger partial charge in [-0.2, -0.15) is 11.8 Å². The molecule has 8 heteroatoms. The van der Waals surface area contributed by atoms with E-state index in [1.165, 1.54) is 11.8 Å². The van der Waals surface area contributed by atoms with Crippen molar-refractivity contribution in [2.75, 3.05) is 24.7 Å². The maximum Gasteiger partial charge on any atom is 0.332 e. The zero-order valence-electron chi connectivity index (χ0n) is 16.0. The van der Waals surface area contributed by atoms with Crippen LogP contribution in [-0.4, -0.2) is 70.0 Å². The maximum atomic E-state index is 12.7. The molecular weight excluding hydrogens is 356 g/mol. The highest BCUT2D eigenvalue weighted by Gasteiger charge is 2.57. The third-order valence-corrected chi connectivity index (χ3v) is 5.83. The Balaban J connectivity index is 3.06. The molecule has 0 spiro atoms. The molecule has 1 heterocycles. The van der Waals surface area contributed by atoms with Gasteiger partial charge in [-0.15, -0.1) is 0 Å². The van der Waals surface area contributed by atoms with Gasteiger partial charge in [-0.3, -0.25) is 14.5 Å². The van der Waals surface area contributed by atoms with E-state index in [1.807, 2.05) is 0 Å². The number of carbonyl (C=O) groups excluding carboxylic acids is 2. The van der Waals surface area contributed by atoms with Crippen LogP contribution < -0.4 is 5.73 Å². The number of carbonyl (C=O) groups is 3. The average Bonchev–Trinajstić information content (AvgIpc) is 3.03. The molecule has 0 aromatic heterocycles. The lowest BCUT2D eigenvalue weighted by Gasteiger charge is -2.38. The van der Waals surface area contributed by atoms with Gasteiger partial charge in [-0.1, -0.05) is 19.8 Å². The summed E-state index contributed by atoms with van der Waals surface area (Å²) >= 11 is 1.60. The first-order chi connectivity index (χ1) is 12.3. The normalized spacial score (nSPS) is 22.8. The lowest BCUT2D eigenvalue weighted by Crippen LogP contribution is -2.65. The van der Waals surface area contributed by atoms with Gasteiger partial charge in [0.2, 0.25) is 0 Å². The quantitative estimate of drug-likeness (QED) is 0.295. The van der Waals surface area contributed by atoms with Crippen LogP contribution in [0.1, 0.15) is 52.9 Å². The molecule has 0 aromatic rings. The standard InChI is InChI=1S/C18H32N2O5S/c1-4-6-7-11-26-12-14(16(22)25-5-2)20-10-8-9-18(20,17(23)24)15(21)13(3)19/h13-14H,4-12,19H2,1-3H3,(H,23,24)/t13?,14-,18?/m0/s1. The van der Waals surface area contributed by atoms with Crippen molar-refractivity contribution in [3.8, 4) is 0 Å². The summed E-state index contributed by atoms with van der Waals surface area (Å²) in [7, 11) is 0. The van der Waals surface area contributed by atoms with E-state index in [2.05, 4.69) is 6.92 Å². The number of ether oxygens (including phenoxy) is 1. The Bertz CT molecular complexity index is 500. The minimum atomic E-state index is -1.74. The number of carboxylic acids is 1. The monoisotopic (exact) mass is 388 g/mol. The van der Waals surface area contributed by atoms with Crippen molar-refractivity contribution in [2.45, 2.75) is 70.5 Å². The molecule has 1 rings (SSSR count). The van der Waals surface area contributed by atoms with Crippen molar-refractivity contribution in [3.63, 3.8) is 0 Å². The number of Topliss-reactive ketones (excluding diaryl/α,β-unsaturated/α-hetero) is 1. The molecule has 0 aliphatic carbocycles. The minimum Gasteiger partial charge on any atom is -0.480 e. The molecule has 1 saturated heterocycles. The third kappa shape index (κ3) is 5.20. The molecule has 0 saturated carbocycles. The van der Waals surface area contributed by atoms with Crippen LogP contribution in [0.2, 0.25) is 0 Å². The van der Waals surface area contributed by atoms with Gasteiger partial charge in [-0.05, 0) is 38.9 Å². The number of likely N-dealkylation sites (tertiary alicyclic amines) is 1. The summed E-state index contributed by atoms with van der Waals surface area (Å²) in [4.78, 5) is 38.9. The van der Waals surface area contributed by atoms with E-state index in [0.717, 1.165) is 25.0 Å². The van der Waals surface area contributed by atoms with Gasteiger partial charge in [0.05, 0.1) is 12.6 Å². The first-order valence-corrected chi connectivity index (χ1v) is 10.5. The highest BCUT2D eigenvalue weighted by atomic mass is 32.2. The lowest BCUT2D eigenvalue weighted by molar-refractivity contribution is -0.162. The van der Waals surface area contributed by atoms with E-state index in [9.17, 15) is 19.5 Å². The van der Waals surface area contributed by atoms with Crippen molar-refractivity contribution < 1.29 is 24.2 Å². The van der Waals surface area contributed by atoms with E-state index in [0.29, 0.717) is 18.7 Å². The van der Waals surface area contributed by atoms with E-state index in [4.69, 9.17) is 10.5 Å². The second kappa shape index (κ2) is 10.9. The van der Waals surface area contributed by atoms with Crippen LogP contribution in [0.4, 0.5) is 0 Å². The van der Waals surface area contributed by atoms with Crippen LogP contribution in [0.25, 0.3) is 0 Å². The van der Waals surface area contributed by atoms with Crippen molar-refractivity contribution >= 4 is 29.5 Å². The van der Waals surface area contributed by atoms with Crippen molar-refractivity contribution in [1.29, 1.82) is 0 Å². The molecule has 0 amide bonds. The molecule has 26 heavy (non-hydrogen) atoms. The molecule has 2 unspecified atom stereocenters. The second-order valence-electron chi connectivity index (χ2n) is 6.67. The number of esters is 1. The van der Waals surface area contributed by atoms with E-state index < -0.39 is 35.3 Å². The number of rotatable bonds is 12. The number of nitrogens with zero attached hydrogens (tertiary/aromatic N) is 1. The Labute approximate surface area is 160 Å². The first-order valence-electron chi connectivity index (χ1n) is 9.37. The van der Waals surface area contributed by atoms with Gasteiger partial charge in [0.1, 0.15) is 6.04 Å². The lowest BCUT2D eigenvalue weighted by atomic mass is 9.86. The predicted molar refractivity (Wildman–Crippen MR) is 102 cm³/mol. The van der Waals surface area contributed by atoms with E-state index >= 15 is 0 Å². The first kappa shape index (κ1) is 22.9. The van der Waals surface area contributed by atoms with Gasteiger partial charge in [-0.25, -0.2) is 4.79 Å².